The Balaban J connectivity index is 1.67. The lowest BCUT2D eigenvalue weighted by molar-refractivity contribution is -0.130. The minimum Gasteiger partial charge on any atom is -0.338 e. The number of fused-ring (bicyclic) bond motifs is 1. The standard InChI is InChI=1S/C15H20N4O3S2/c1-2-7-18(12-6-9-24(21,22)11-12)14(20)10-23-15-17-16-13-5-3-4-8-19(13)15/h3-5,8,12H,2,6-7,9-11H2,1H3/t12-/m1/s1. The molecule has 0 aliphatic carbocycles. The zero-order chi connectivity index (χ0) is 17.2. The fourth-order valence-corrected chi connectivity index (χ4v) is 5.44. The molecule has 9 heteroatoms. The Bertz CT molecular complexity index is 834. The monoisotopic (exact) mass is 368 g/mol. The van der Waals surface area contributed by atoms with Gasteiger partial charge in [-0.3, -0.25) is 9.20 Å². The molecule has 2 aromatic heterocycles. The summed E-state index contributed by atoms with van der Waals surface area (Å²) in [4.78, 5) is 14.3. The van der Waals surface area contributed by atoms with E-state index in [2.05, 4.69) is 10.2 Å². The highest BCUT2D eigenvalue weighted by molar-refractivity contribution is 7.99. The van der Waals surface area contributed by atoms with E-state index in [1.165, 1.54) is 11.8 Å². The Morgan fingerprint density at radius 2 is 2.25 bits per heavy atom. The van der Waals surface area contributed by atoms with Gasteiger partial charge in [0.15, 0.2) is 20.6 Å². The van der Waals surface area contributed by atoms with Crippen LogP contribution in [-0.2, 0) is 14.6 Å². The largest absolute Gasteiger partial charge is 0.338 e. The minimum absolute atomic E-state index is 0.0448. The fourth-order valence-electron chi connectivity index (χ4n) is 2.90. The quantitative estimate of drug-likeness (QED) is 0.714. The number of hydrogen-bond donors (Lipinski definition) is 0. The SMILES string of the molecule is CCCN(C(=O)CSc1nnc2ccccn12)[C@@H]1CCS(=O)(=O)C1. The van der Waals surface area contributed by atoms with Crippen LogP contribution in [0.1, 0.15) is 19.8 Å². The molecule has 0 spiro atoms. The zero-order valence-corrected chi connectivity index (χ0v) is 15.1. The van der Waals surface area contributed by atoms with Crippen LogP contribution in [0.25, 0.3) is 5.65 Å². The molecule has 0 aromatic carbocycles. The van der Waals surface area contributed by atoms with Crippen molar-refractivity contribution in [3.8, 4) is 0 Å². The minimum atomic E-state index is -3.01. The number of rotatable bonds is 6. The van der Waals surface area contributed by atoms with Crippen LogP contribution >= 0.6 is 11.8 Å². The third-order valence-electron chi connectivity index (χ3n) is 4.04. The molecule has 1 saturated heterocycles. The van der Waals surface area contributed by atoms with Crippen molar-refractivity contribution in [2.24, 2.45) is 0 Å². The molecule has 1 atom stereocenters. The molecule has 0 bridgehead atoms. The number of thioether (sulfide) groups is 1. The van der Waals surface area contributed by atoms with Gasteiger partial charge in [0.2, 0.25) is 5.91 Å². The first-order valence-electron chi connectivity index (χ1n) is 7.92. The van der Waals surface area contributed by atoms with Gasteiger partial charge in [0.1, 0.15) is 0 Å². The third kappa shape index (κ3) is 3.72. The van der Waals surface area contributed by atoms with Crippen molar-refractivity contribution in [1.29, 1.82) is 0 Å². The summed E-state index contributed by atoms with van der Waals surface area (Å²) in [7, 11) is -3.01. The molecule has 3 heterocycles. The van der Waals surface area contributed by atoms with Gasteiger partial charge >= 0.3 is 0 Å². The molecule has 0 N–H and O–H groups in total. The predicted octanol–water partition coefficient (Wildman–Crippen LogP) is 1.25. The molecule has 0 radical (unpaired) electrons. The average Bonchev–Trinajstić information content (AvgIpc) is 3.13. The molecule has 24 heavy (non-hydrogen) atoms. The second-order valence-corrected chi connectivity index (χ2v) is 9.02. The second-order valence-electron chi connectivity index (χ2n) is 5.84. The molecule has 1 fully saturated rings. The van der Waals surface area contributed by atoms with Crippen molar-refractivity contribution in [3.63, 3.8) is 0 Å². The number of carbonyl (C=O) groups is 1. The first-order chi connectivity index (χ1) is 11.5. The van der Waals surface area contributed by atoms with E-state index in [1.54, 1.807) is 4.90 Å². The molecule has 130 valence electrons. The number of aromatic nitrogens is 3. The summed E-state index contributed by atoms with van der Waals surface area (Å²) in [6.07, 6.45) is 3.20. The number of nitrogens with zero attached hydrogens (tertiary/aromatic N) is 4. The van der Waals surface area contributed by atoms with Gasteiger partial charge in [-0.05, 0) is 25.0 Å². The maximum Gasteiger partial charge on any atom is 0.233 e. The van der Waals surface area contributed by atoms with E-state index in [9.17, 15) is 13.2 Å². The van der Waals surface area contributed by atoms with Gasteiger partial charge in [0.25, 0.3) is 0 Å². The third-order valence-corrected chi connectivity index (χ3v) is 6.72. The van der Waals surface area contributed by atoms with Gasteiger partial charge < -0.3 is 4.90 Å². The zero-order valence-electron chi connectivity index (χ0n) is 13.5. The maximum atomic E-state index is 12.6. The molecule has 0 unspecified atom stereocenters. The van der Waals surface area contributed by atoms with E-state index in [-0.39, 0.29) is 29.2 Å². The highest BCUT2D eigenvalue weighted by Crippen LogP contribution is 2.21. The van der Waals surface area contributed by atoms with Gasteiger partial charge in [0, 0.05) is 18.8 Å². The Morgan fingerprint density at radius 3 is 2.96 bits per heavy atom. The summed E-state index contributed by atoms with van der Waals surface area (Å²) >= 11 is 1.33. The van der Waals surface area contributed by atoms with Crippen molar-refractivity contribution in [3.05, 3.63) is 24.4 Å². The van der Waals surface area contributed by atoms with E-state index in [1.807, 2.05) is 35.7 Å². The van der Waals surface area contributed by atoms with Gasteiger partial charge in [-0.25, -0.2) is 8.42 Å². The van der Waals surface area contributed by atoms with Crippen LogP contribution in [0.15, 0.2) is 29.6 Å². The molecule has 2 aromatic rings. The number of pyridine rings is 1. The highest BCUT2D eigenvalue weighted by Gasteiger charge is 2.34. The molecule has 1 aliphatic rings. The Hall–Kier alpha value is -1.61. The highest BCUT2D eigenvalue weighted by atomic mass is 32.2. The van der Waals surface area contributed by atoms with Crippen molar-refractivity contribution in [1.82, 2.24) is 19.5 Å². The van der Waals surface area contributed by atoms with Crippen molar-refractivity contribution < 1.29 is 13.2 Å². The summed E-state index contributed by atoms with van der Waals surface area (Å²) < 4.78 is 25.2. The predicted molar refractivity (Wildman–Crippen MR) is 92.8 cm³/mol. The summed E-state index contributed by atoms with van der Waals surface area (Å²) in [5, 5.41) is 8.83. The lowest BCUT2D eigenvalue weighted by Gasteiger charge is -2.27. The molecule has 1 amide bonds. The van der Waals surface area contributed by atoms with Crippen LogP contribution in [-0.4, -0.2) is 63.7 Å². The Kier molecular flexibility index (Phi) is 5.09. The Morgan fingerprint density at radius 1 is 1.42 bits per heavy atom. The van der Waals surface area contributed by atoms with Crippen LogP contribution < -0.4 is 0 Å². The summed E-state index contributed by atoms with van der Waals surface area (Å²) in [5.74, 6) is 0.438. The maximum absolute atomic E-state index is 12.6. The van der Waals surface area contributed by atoms with Gasteiger partial charge in [0.05, 0.1) is 17.3 Å². The van der Waals surface area contributed by atoms with E-state index in [4.69, 9.17) is 0 Å². The summed E-state index contributed by atoms with van der Waals surface area (Å²) in [6.45, 7) is 2.57. The van der Waals surface area contributed by atoms with Gasteiger partial charge in [-0.2, -0.15) is 0 Å². The van der Waals surface area contributed by atoms with Gasteiger partial charge in [-0.1, -0.05) is 24.8 Å². The summed E-state index contributed by atoms with van der Waals surface area (Å²) in [6, 6.07) is 5.42. The van der Waals surface area contributed by atoms with Crippen molar-refractivity contribution in [2.45, 2.75) is 31.0 Å². The fraction of sp³-hybridized carbons (Fsp3) is 0.533. The Labute approximate surface area is 145 Å². The molecule has 3 rings (SSSR count). The molecular formula is C15H20N4O3S2. The first-order valence-corrected chi connectivity index (χ1v) is 10.7. The average molecular weight is 368 g/mol. The second kappa shape index (κ2) is 7.10. The number of hydrogen-bond acceptors (Lipinski definition) is 6. The van der Waals surface area contributed by atoms with E-state index in [0.717, 1.165) is 12.1 Å². The van der Waals surface area contributed by atoms with Crippen LogP contribution in [0.2, 0.25) is 0 Å². The summed E-state index contributed by atoms with van der Waals surface area (Å²) in [5.41, 5.74) is 0.736. The molecule has 1 aliphatic heterocycles. The lowest BCUT2D eigenvalue weighted by Crippen LogP contribution is -2.42. The van der Waals surface area contributed by atoms with Crippen molar-refractivity contribution >= 4 is 33.2 Å². The normalized spacial score (nSPS) is 19.6. The molecule has 0 saturated carbocycles. The van der Waals surface area contributed by atoms with Crippen LogP contribution in [0.4, 0.5) is 0 Å². The van der Waals surface area contributed by atoms with E-state index in [0.29, 0.717) is 18.1 Å². The van der Waals surface area contributed by atoms with Crippen molar-refractivity contribution in [2.75, 3.05) is 23.8 Å². The molecular weight excluding hydrogens is 348 g/mol. The lowest BCUT2D eigenvalue weighted by atomic mass is 10.2. The van der Waals surface area contributed by atoms with Crippen LogP contribution in [0, 0.1) is 0 Å². The van der Waals surface area contributed by atoms with E-state index >= 15 is 0 Å². The first kappa shape index (κ1) is 17.2. The smallest absolute Gasteiger partial charge is 0.233 e. The van der Waals surface area contributed by atoms with Gasteiger partial charge in [-0.15, -0.1) is 10.2 Å². The number of sulfone groups is 1. The van der Waals surface area contributed by atoms with E-state index < -0.39 is 9.84 Å². The number of carbonyl (C=O) groups excluding carboxylic acids is 1. The molecule has 7 nitrogen and oxygen atoms in total. The van der Waals surface area contributed by atoms with Crippen LogP contribution in [0.5, 0.6) is 0 Å². The van der Waals surface area contributed by atoms with Crippen LogP contribution in [0.3, 0.4) is 0 Å². The number of amides is 1. The topological polar surface area (TPSA) is 84.6 Å².